The first kappa shape index (κ1) is 27.5. The van der Waals surface area contributed by atoms with Gasteiger partial charge in [-0.25, -0.2) is 17.9 Å². The summed E-state index contributed by atoms with van der Waals surface area (Å²) in [7, 11) is -3.31. The number of phenolic OH excluding ortho intramolecular Hbond substituents is 1. The van der Waals surface area contributed by atoms with Crippen molar-refractivity contribution in [2.45, 2.75) is 58.5 Å². The van der Waals surface area contributed by atoms with Crippen molar-refractivity contribution >= 4 is 33.3 Å². The first-order valence-corrected chi connectivity index (χ1v) is 13.0. The van der Waals surface area contributed by atoms with Gasteiger partial charge in [-0.05, 0) is 50.2 Å². The Balaban J connectivity index is 2.24. The molecule has 0 bridgehead atoms. The summed E-state index contributed by atoms with van der Waals surface area (Å²) in [6.45, 7) is 3.74. The number of carbonyl (C=O) groups is 4. The summed E-state index contributed by atoms with van der Waals surface area (Å²) in [4.78, 5) is 49.1. The summed E-state index contributed by atoms with van der Waals surface area (Å²) in [6, 6.07) is 2.81. The van der Waals surface area contributed by atoms with Crippen molar-refractivity contribution < 1.29 is 42.2 Å². The number of sulfonamides is 1. The van der Waals surface area contributed by atoms with Gasteiger partial charge >= 0.3 is 5.97 Å². The molecule has 0 fully saturated rings. The molecule has 0 amide bonds. The maximum Gasteiger partial charge on any atom is 0.342 e. The molecule has 0 saturated heterocycles. The average molecular weight is 498 g/mol. The highest BCUT2D eigenvalue weighted by molar-refractivity contribution is 7.88. The van der Waals surface area contributed by atoms with E-state index in [1.165, 1.54) is 12.1 Å². The second-order valence-corrected chi connectivity index (χ2v) is 10.3. The minimum absolute atomic E-state index is 0.0444. The van der Waals surface area contributed by atoms with Crippen LogP contribution >= 0.6 is 0 Å². The van der Waals surface area contributed by atoms with E-state index < -0.39 is 39.4 Å². The molecule has 0 radical (unpaired) electrons. The van der Waals surface area contributed by atoms with Crippen molar-refractivity contribution in [3.63, 3.8) is 0 Å². The van der Waals surface area contributed by atoms with Crippen LogP contribution in [0.4, 0.5) is 0 Å². The monoisotopic (exact) mass is 497 g/mol. The number of benzene rings is 1. The highest BCUT2D eigenvalue weighted by Crippen LogP contribution is 2.31. The Morgan fingerprint density at radius 3 is 2.44 bits per heavy atom. The molecule has 0 aliphatic carbocycles. The second-order valence-electron chi connectivity index (χ2n) is 8.50. The normalized spacial score (nSPS) is 20.9. The standard InChI is InChI=1S/C23H31NO9S/c1-14-8-9-19(26)22(28)18(25)7-4-6-16-12-17(32-11-5-10-24-34(3,30)31)13-20(27)21(16)23(29)33-15(14)2/h12-15,24,27H,4-11H2,1-3H3/t14-,15+/m1/s1. The molecule has 1 aliphatic heterocycles. The molecule has 2 N–H and O–H groups in total. The Bertz CT molecular complexity index is 1050. The number of hydrogen-bond acceptors (Lipinski definition) is 9. The molecule has 34 heavy (non-hydrogen) atoms. The summed E-state index contributed by atoms with van der Waals surface area (Å²) in [5, 5.41) is 10.6. The third-order valence-corrected chi connectivity index (χ3v) is 6.34. The maximum absolute atomic E-state index is 12.9. The Labute approximate surface area is 199 Å². The first-order chi connectivity index (χ1) is 15.9. The number of nitrogens with one attached hydrogen (secondary N) is 1. The Morgan fingerprint density at radius 2 is 1.76 bits per heavy atom. The number of hydrogen-bond donors (Lipinski definition) is 2. The molecule has 2 rings (SSSR count). The fourth-order valence-electron chi connectivity index (χ4n) is 3.45. The summed E-state index contributed by atoms with van der Waals surface area (Å²) in [6.07, 6.45) is 1.14. The number of esters is 1. The zero-order valence-electron chi connectivity index (χ0n) is 19.6. The third-order valence-electron chi connectivity index (χ3n) is 5.61. The van der Waals surface area contributed by atoms with Crippen LogP contribution in [0.5, 0.6) is 11.5 Å². The van der Waals surface area contributed by atoms with E-state index in [0.717, 1.165) is 6.26 Å². The van der Waals surface area contributed by atoms with E-state index in [0.29, 0.717) is 12.0 Å². The lowest BCUT2D eigenvalue weighted by atomic mass is 9.94. The van der Waals surface area contributed by atoms with Crippen LogP contribution in [0.1, 0.15) is 61.9 Å². The highest BCUT2D eigenvalue weighted by Gasteiger charge is 2.27. The van der Waals surface area contributed by atoms with Crippen molar-refractivity contribution in [1.82, 2.24) is 4.72 Å². The van der Waals surface area contributed by atoms with E-state index in [1.54, 1.807) is 13.8 Å². The van der Waals surface area contributed by atoms with Crippen molar-refractivity contribution in [2.75, 3.05) is 19.4 Å². The van der Waals surface area contributed by atoms with E-state index in [-0.39, 0.29) is 68.2 Å². The van der Waals surface area contributed by atoms with E-state index in [1.807, 2.05) is 0 Å². The molecular formula is C23H31NO9S. The number of cyclic esters (lactones) is 1. The van der Waals surface area contributed by atoms with Gasteiger partial charge in [0.2, 0.25) is 21.6 Å². The van der Waals surface area contributed by atoms with Crippen LogP contribution in [0.3, 0.4) is 0 Å². The maximum atomic E-state index is 12.9. The first-order valence-electron chi connectivity index (χ1n) is 11.1. The van der Waals surface area contributed by atoms with E-state index >= 15 is 0 Å². The van der Waals surface area contributed by atoms with E-state index in [2.05, 4.69) is 4.72 Å². The number of aryl methyl sites for hydroxylation is 1. The van der Waals surface area contributed by atoms with Gasteiger partial charge < -0.3 is 14.6 Å². The molecular weight excluding hydrogens is 466 g/mol. The molecule has 0 unspecified atom stereocenters. The Hall–Kier alpha value is -2.79. The molecule has 188 valence electrons. The van der Waals surface area contributed by atoms with Gasteiger partial charge in [0.25, 0.3) is 5.78 Å². The lowest BCUT2D eigenvalue weighted by molar-refractivity contribution is -0.144. The van der Waals surface area contributed by atoms with Crippen molar-refractivity contribution in [2.24, 2.45) is 5.92 Å². The van der Waals surface area contributed by atoms with Gasteiger partial charge in [-0.3, -0.25) is 14.4 Å². The van der Waals surface area contributed by atoms with Crippen LogP contribution in [-0.4, -0.2) is 62.4 Å². The fourth-order valence-corrected chi connectivity index (χ4v) is 3.97. The topological polar surface area (TPSA) is 153 Å². The Morgan fingerprint density at radius 1 is 1.09 bits per heavy atom. The van der Waals surface area contributed by atoms with Crippen LogP contribution in [0.15, 0.2) is 12.1 Å². The zero-order valence-corrected chi connectivity index (χ0v) is 20.4. The van der Waals surface area contributed by atoms with Crippen molar-refractivity contribution in [3.8, 4) is 11.5 Å². The summed E-state index contributed by atoms with van der Waals surface area (Å²) >= 11 is 0. The molecule has 11 heteroatoms. The molecule has 1 aromatic rings. The zero-order chi connectivity index (χ0) is 25.5. The summed E-state index contributed by atoms with van der Waals surface area (Å²) in [5.41, 5.74) is 0.329. The molecule has 2 atom stereocenters. The number of carbonyl (C=O) groups excluding carboxylic acids is 4. The predicted molar refractivity (Wildman–Crippen MR) is 122 cm³/mol. The van der Waals surface area contributed by atoms with Crippen LogP contribution in [0.2, 0.25) is 0 Å². The van der Waals surface area contributed by atoms with Gasteiger partial charge in [-0.1, -0.05) is 6.92 Å². The number of fused-ring (bicyclic) bond motifs is 1. The quantitative estimate of drug-likeness (QED) is 0.340. The fraction of sp³-hybridized carbons (Fsp3) is 0.565. The van der Waals surface area contributed by atoms with Gasteiger partial charge in [0.1, 0.15) is 23.2 Å². The highest BCUT2D eigenvalue weighted by atomic mass is 32.2. The predicted octanol–water partition coefficient (Wildman–Crippen LogP) is 1.72. The number of ketones is 3. The molecule has 0 aromatic heterocycles. The van der Waals surface area contributed by atoms with Gasteiger partial charge in [0, 0.05) is 25.5 Å². The molecule has 1 aromatic carbocycles. The number of rotatable bonds is 6. The molecule has 0 spiro atoms. The number of phenols is 1. The SMILES string of the molecule is C[C@@H]1CCC(=O)C(=O)C(=O)CCCc2cc(OCCCNS(C)(=O)=O)cc(O)c2C(=O)O[C@H]1C. The molecule has 10 nitrogen and oxygen atoms in total. The number of Topliss-reactive ketones (excluding diaryl/α,β-unsaturated/α-hetero) is 3. The van der Waals surface area contributed by atoms with Gasteiger partial charge in [0.05, 0.1) is 12.9 Å². The third kappa shape index (κ3) is 8.21. The van der Waals surface area contributed by atoms with Crippen LogP contribution in [0, 0.1) is 5.92 Å². The average Bonchev–Trinajstić information content (AvgIpc) is 2.74. The van der Waals surface area contributed by atoms with E-state index in [9.17, 15) is 32.7 Å². The van der Waals surface area contributed by atoms with Crippen LogP contribution in [0.25, 0.3) is 0 Å². The van der Waals surface area contributed by atoms with Crippen LogP contribution < -0.4 is 9.46 Å². The van der Waals surface area contributed by atoms with Crippen molar-refractivity contribution in [3.05, 3.63) is 23.3 Å². The molecule has 0 saturated carbocycles. The van der Waals surface area contributed by atoms with E-state index in [4.69, 9.17) is 9.47 Å². The second kappa shape index (κ2) is 12.1. The number of ether oxygens (including phenoxy) is 2. The summed E-state index contributed by atoms with van der Waals surface area (Å²) < 4.78 is 35.7. The van der Waals surface area contributed by atoms with Crippen molar-refractivity contribution in [1.29, 1.82) is 0 Å². The smallest absolute Gasteiger partial charge is 0.342 e. The minimum atomic E-state index is -3.31. The lowest BCUT2D eigenvalue weighted by Gasteiger charge is -2.22. The van der Waals surface area contributed by atoms with Gasteiger partial charge in [-0.2, -0.15) is 0 Å². The van der Waals surface area contributed by atoms with Crippen LogP contribution in [-0.2, 0) is 35.6 Å². The minimum Gasteiger partial charge on any atom is -0.507 e. The molecule has 1 heterocycles. The Kier molecular flexibility index (Phi) is 9.75. The lowest BCUT2D eigenvalue weighted by Crippen LogP contribution is -2.27. The largest absolute Gasteiger partial charge is 0.507 e. The number of aromatic hydroxyl groups is 1. The summed E-state index contributed by atoms with van der Waals surface area (Å²) in [5.74, 6) is -3.63. The molecule has 1 aliphatic rings. The van der Waals surface area contributed by atoms with Gasteiger partial charge in [0.15, 0.2) is 0 Å². The van der Waals surface area contributed by atoms with Gasteiger partial charge in [-0.15, -0.1) is 0 Å².